The van der Waals surface area contributed by atoms with Gasteiger partial charge in [-0.1, -0.05) is 11.6 Å². The fourth-order valence-corrected chi connectivity index (χ4v) is 4.42. The fraction of sp³-hybridized carbons (Fsp3) is 0.538. The summed E-state index contributed by atoms with van der Waals surface area (Å²) < 4.78 is 0. The highest BCUT2D eigenvalue weighted by molar-refractivity contribution is 7.19. The lowest BCUT2D eigenvalue weighted by molar-refractivity contribution is 0.304. The van der Waals surface area contributed by atoms with E-state index >= 15 is 0 Å². The molecule has 5 heteroatoms. The van der Waals surface area contributed by atoms with Crippen LogP contribution in [0, 0.1) is 5.92 Å². The number of halogens is 1. The van der Waals surface area contributed by atoms with E-state index in [1.807, 2.05) is 0 Å². The lowest BCUT2D eigenvalue weighted by Gasteiger charge is -2.25. The number of hydrogen-bond donors (Lipinski definition) is 0. The van der Waals surface area contributed by atoms with Crippen LogP contribution in [0.4, 0.5) is 0 Å². The van der Waals surface area contributed by atoms with Crippen molar-refractivity contribution in [2.24, 2.45) is 5.92 Å². The van der Waals surface area contributed by atoms with E-state index in [1.54, 1.807) is 17.7 Å². The Bertz CT molecular complexity index is 579. The van der Waals surface area contributed by atoms with Gasteiger partial charge in [-0.25, -0.2) is 9.97 Å². The van der Waals surface area contributed by atoms with E-state index in [9.17, 15) is 0 Å². The molecular formula is C13H16ClN3S. The van der Waals surface area contributed by atoms with Crippen molar-refractivity contribution in [3.63, 3.8) is 0 Å². The summed E-state index contributed by atoms with van der Waals surface area (Å²) >= 11 is 7.99. The largest absolute Gasteiger partial charge is 0.309 e. The van der Waals surface area contributed by atoms with Gasteiger partial charge in [-0.05, 0) is 44.8 Å². The maximum absolute atomic E-state index is 6.20. The average Bonchev–Trinajstić information content (AvgIpc) is 2.66. The van der Waals surface area contributed by atoms with Gasteiger partial charge in [0, 0.05) is 11.4 Å². The number of rotatable bonds is 2. The Kier molecular flexibility index (Phi) is 3.26. The van der Waals surface area contributed by atoms with E-state index in [-0.39, 0.29) is 0 Å². The summed E-state index contributed by atoms with van der Waals surface area (Å²) in [6.07, 6.45) is 5.07. The minimum Gasteiger partial charge on any atom is -0.309 e. The molecule has 1 aliphatic rings. The number of aryl methyl sites for hydroxylation is 1. The molecule has 0 N–H and O–H groups in total. The minimum atomic E-state index is 0.614. The zero-order chi connectivity index (χ0) is 12.7. The predicted molar refractivity (Wildman–Crippen MR) is 76.5 cm³/mol. The van der Waals surface area contributed by atoms with Gasteiger partial charge in [-0.15, -0.1) is 11.3 Å². The average molecular weight is 282 g/mol. The van der Waals surface area contributed by atoms with Crippen LogP contribution in [-0.4, -0.2) is 35.5 Å². The molecule has 3 rings (SSSR count). The first-order valence-corrected chi connectivity index (χ1v) is 7.40. The Hall–Kier alpha value is -0.710. The van der Waals surface area contributed by atoms with E-state index in [4.69, 9.17) is 11.6 Å². The smallest absolute Gasteiger partial charge is 0.141 e. The Morgan fingerprint density at radius 1 is 1.44 bits per heavy atom. The molecule has 0 saturated heterocycles. The van der Waals surface area contributed by atoms with E-state index in [0.717, 1.165) is 35.5 Å². The molecule has 2 aromatic heterocycles. The molecular weight excluding hydrogens is 266 g/mol. The first-order chi connectivity index (χ1) is 8.65. The lowest BCUT2D eigenvalue weighted by Crippen LogP contribution is -2.25. The normalized spacial score (nSPS) is 19.4. The predicted octanol–water partition coefficient (Wildman–Crippen LogP) is 3.01. The second kappa shape index (κ2) is 4.76. The first-order valence-electron chi connectivity index (χ1n) is 6.20. The molecule has 3 nitrogen and oxygen atoms in total. The van der Waals surface area contributed by atoms with Crippen LogP contribution in [0.1, 0.15) is 16.9 Å². The molecule has 0 bridgehead atoms. The summed E-state index contributed by atoms with van der Waals surface area (Å²) in [6, 6.07) is 0. The van der Waals surface area contributed by atoms with Crippen LogP contribution in [0.2, 0.25) is 5.15 Å². The van der Waals surface area contributed by atoms with Crippen molar-refractivity contribution in [3.05, 3.63) is 21.9 Å². The van der Waals surface area contributed by atoms with Gasteiger partial charge in [-0.3, -0.25) is 0 Å². The van der Waals surface area contributed by atoms with Gasteiger partial charge in [0.2, 0.25) is 0 Å². The first kappa shape index (κ1) is 12.3. The number of hydrogen-bond acceptors (Lipinski definition) is 4. The third kappa shape index (κ3) is 2.13. The van der Waals surface area contributed by atoms with Gasteiger partial charge >= 0.3 is 0 Å². The van der Waals surface area contributed by atoms with Gasteiger partial charge in [0.05, 0.1) is 5.39 Å². The zero-order valence-corrected chi connectivity index (χ0v) is 12.2. The van der Waals surface area contributed by atoms with Crippen molar-refractivity contribution >= 4 is 33.2 Å². The van der Waals surface area contributed by atoms with Gasteiger partial charge in [0.25, 0.3) is 0 Å². The maximum Gasteiger partial charge on any atom is 0.141 e. The van der Waals surface area contributed by atoms with Crippen LogP contribution in [0.15, 0.2) is 6.33 Å². The molecule has 0 saturated carbocycles. The van der Waals surface area contributed by atoms with Crippen molar-refractivity contribution in [1.29, 1.82) is 0 Å². The summed E-state index contributed by atoms with van der Waals surface area (Å²) in [7, 11) is 4.28. The topological polar surface area (TPSA) is 29.0 Å². The van der Waals surface area contributed by atoms with Crippen LogP contribution >= 0.6 is 22.9 Å². The monoisotopic (exact) mass is 281 g/mol. The fourth-order valence-electron chi connectivity index (χ4n) is 2.81. The summed E-state index contributed by atoms with van der Waals surface area (Å²) in [5, 5.41) is 1.71. The number of nitrogens with zero attached hydrogens (tertiary/aromatic N) is 3. The lowest BCUT2D eigenvalue weighted by atomic mass is 9.88. The number of aromatic nitrogens is 2. The second-order valence-corrected chi connectivity index (χ2v) is 6.66. The standard InChI is InChI=1S/C13H16ClN3S/c1-17(2)6-8-3-4-9-10(5-8)18-13-11(9)12(14)15-7-16-13/h7-8H,3-6H2,1-2H3. The minimum absolute atomic E-state index is 0.614. The Balaban J connectivity index is 1.98. The Labute approximate surface area is 116 Å². The summed E-state index contributed by atoms with van der Waals surface area (Å²) in [6.45, 7) is 1.16. The van der Waals surface area contributed by atoms with Crippen LogP contribution in [-0.2, 0) is 12.8 Å². The molecule has 0 aliphatic heterocycles. The molecule has 2 aromatic rings. The Morgan fingerprint density at radius 2 is 2.28 bits per heavy atom. The highest BCUT2D eigenvalue weighted by Gasteiger charge is 2.24. The highest BCUT2D eigenvalue weighted by atomic mass is 35.5. The van der Waals surface area contributed by atoms with Gasteiger partial charge in [0.1, 0.15) is 16.3 Å². The number of thiophene rings is 1. The van der Waals surface area contributed by atoms with Crippen LogP contribution in [0.5, 0.6) is 0 Å². The molecule has 0 spiro atoms. The van der Waals surface area contributed by atoms with Crippen molar-refractivity contribution in [2.75, 3.05) is 20.6 Å². The van der Waals surface area contributed by atoms with Gasteiger partial charge in [-0.2, -0.15) is 0 Å². The molecule has 2 heterocycles. The van der Waals surface area contributed by atoms with Crippen LogP contribution < -0.4 is 0 Å². The van der Waals surface area contributed by atoms with E-state index in [0.29, 0.717) is 5.15 Å². The molecule has 0 aromatic carbocycles. The number of fused-ring (bicyclic) bond motifs is 3. The highest BCUT2D eigenvalue weighted by Crippen LogP contribution is 2.39. The molecule has 0 radical (unpaired) electrons. The van der Waals surface area contributed by atoms with Crippen LogP contribution in [0.3, 0.4) is 0 Å². The third-order valence-corrected chi connectivity index (χ3v) is 4.97. The van der Waals surface area contributed by atoms with Gasteiger partial charge < -0.3 is 4.90 Å². The quantitative estimate of drug-likeness (QED) is 0.793. The molecule has 0 fully saturated rings. The van der Waals surface area contributed by atoms with E-state index in [2.05, 4.69) is 29.0 Å². The van der Waals surface area contributed by atoms with Gasteiger partial charge in [0.15, 0.2) is 0 Å². The van der Waals surface area contributed by atoms with E-state index in [1.165, 1.54) is 16.9 Å². The van der Waals surface area contributed by atoms with Crippen molar-refractivity contribution in [1.82, 2.24) is 14.9 Å². The van der Waals surface area contributed by atoms with Crippen molar-refractivity contribution < 1.29 is 0 Å². The summed E-state index contributed by atoms with van der Waals surface area (Å²) in [4.78, 5) is 13.2. The Morgan fingerprint density at radius 3 is 3.06 bits per heavy atom. The molecule has 0 amide bonds. The molecule has 1 unspecified atom stereocenters. The van der Waals surface area contributed by atoms with E-state index < -0.39 is 0 Å². The maximum atomic E-state index is 6.20. The van der Waals surface area contributed by atoms with Crippen LogP contribution in [0.25, 0.3) is 10.2 Å². The SMILES string of the molecule is CN(C)CC1CCc2c(sc3ncnc(Cl)c23)C1. The third-order valence-electron chi connectivity index (χ3n) is 3.52. The molecule has 96 valence electrons. The molecule has 1 aliphatic carbocycles. The summed E-state index contributed by atoms with van der Waals surface area (Å²) in [5.41, 5.74) is 1.40. The molecule has 18 heavy (non-hydrogen) atoms. The van der Waals surface area contributed by atoms with Crippen molar-refractivity contribution in [3.8, 4) is 0 Å². The summed E-state index contributed by atoms with van der Waals surface area (Å²) in [5.74, 6) is 0.757. The molecule has 1 atom stereocenters. The van der Waals surface area contributed by atoms with Crippen molar-refractivity contribution in [2.45, 2.75) is 19.3 Å². The second-order valence-electron chi connectivity index (χ2n) is 5.22. The zero-order valence-electron chi connectivity index (χ0n) is 10.6.